The minimum Gasteiger partial charge on any atom is -0.478 e. The highest BCUT2D eigenvalue weighted by Crippen LogP contribution is 2.37. The second-order valence-corrected chi connectivity index (χ2v) is 3.35. The summed E-state index contributed by atoms with van der Waals surface area (Å²) in [7, 11) is -2.32. The van der Waals surface area contributed by atoms with Gasteiger partial charge in [-0.2, -0.15) is 0 Å². The topological polar surface area (TPSA) is 104 Å². The number of carboxylic acid groups (broad SMARTS) is 1. The van der Waals surface area contributed by atoms with Crippen LogP contribution in [-0.2, 0) is 15.0 Å². The Morgan fingerprint density at radius 1 is 1.31 bits per heavy atom. The molecule has 82 valence electrons. The van der Waals surface area contributed by atoms with Gasteiger partial charge in [0, 0.05) is 5.56 Å². The number of carboxylic acids is 1. The van der Waals surface area contributed by atoms with Crippen LogP contribution in [0.3, 0.4) is 0 Å². The van der Waals surface area contributed by atoms with Crippen molar-refractivity contribution in [1.29, 1.82) is 0 Å². The monoisotopic (exact) mass is 222 g/mol. The average molecular weight is 222 g/mol. The maximum atomic E-state index is 11.4. The normalized spacial score (nSPS) is 22.5. The van der Waals surface area contributed by atoms with Gasteiger partial charge >= 0.3 is 19.1 Å². The van der Waals surface area contributed by atoms with Crippen LogP contribution in [0.2, 0.25) is 0 Å². The fraction of sp³-hybridized carbons (Fsp3) is 0.111. The molecular formula is C9H7BO6. The number of carbonyl (C=O) groups excluding carboxylic acids is 1. The Labute approximate surface area is 90.2 Å². The average Bonchev–Trinajstić information content (AvgIpc) is 2.54. The third-order valence-corrected chi connectivity index (χ3v) is 2.48. The van der Waals surface area contributed by atoms with Crippen LogP contribution in [-0.4, -0.2) is 34.2 Å². The molecule has 1 aromatic rings. The van der Waals surface area contributed by atoms with Crippen LogP contribution >= 0.6 is 0 Å². The lowest BCUT2D eigenvalue weighted by atomic mass is 9.64. The van der Waals surface area contributed by atoms with Gasteiger partial charge in [0.15, 0.2) is 0 Å². The van der Waals surface area contributed by atoms with Crippen LogP contribution in [0.15, 0.2) is 24.3 Å². The zero-order valence-electron chi connectivity index (χ0n) is 7.95. The second-order valence-electron chi connectivity index (χ2n) is 3.35. The van der Waals surface area contributed by atoms with Gasteiger partial charge in [0.2, 0.25) is 0 Å². The number of esters is 1. The molecule has 0 aliphatic carbocycles. The molecule has 1 aliphatic rings. The van der Waals surface area contributed by atoms with E-state index in [4.69, 9.17) is 15.2 Å². The molecule has 2 rings (SSSR count). The Hall–Kier alpha value is -1.86. The van der Waals surface area contributed by atoms with Gasteiger partial charge in [-0.25, -0.2) is 9.59 Å². The Bertz CT molecular complexity index is 471. The van der Waals surface area contributed by atoms with Crippen molar-refractivity contribution < 1.29 is 29.5 Å². The number of carbonyl (C=O) groups is 2. The highest BCUT2D eigenvalue weighted by Gasteiger charge is 2.60. The number of rotatable bonds is 2. The number of hydrogen-bond acceptors (Lipinski definition) is 5. The highest BCUT2D eigenvalue weighted by atomic mass is 16.6. The number of ether oxygens (including phenoxy) is 1. The molecule has 0 radical (unpaired) electrons. The molecule has 0 spiro atoms. The third kappa shape index (κ3) is 1.15. The summed E-state index contributed by atoms with van der Waals surface area (Å²) < 4.78 is 4.60. The second kappa shape index (κ2) is 3.33. The summed E-state index contributed by atoms with van der Waals surface area (Å²) in [6.45, 7) is 0. The smallest absolute Gasteiger partial charge is 0.478 e. The van der Waals surface area contributed by atoms with Gasteiger partial charge in [0.25, 0.3) is 5.50 Å². The lowest BCUT2D eigenvalue weighted by Crippen LogP contribution is -2.50. The van der Waals surface area contributed by atoms with E-state index in [1.54, 1.807) is 0 Å². The van der Waals surface area contributed by atoms with Crippen molar-refractivity contribution in [3.63, 3.8) is 0 Å². The van der Waals surface area contributed by atoms with Crippen molar-refractivity contribution in [2.24, 2.45) is 0 Å². The first-order valence-corrected chi connectivity index (χ1v) is 4.42. The van der Waals surface area contributed by atoms with E-state index in [-0.39, 0.29) is 11.1 Å². The summed E-state index contributed by atoms with van der Waals surface area (Å²) in [6, 6.07) is 5.70. The molecule has 0 aromatic heterocycles. The molecule has 16 heavy (non-hydrogen) atoms. The van der Waals surface area contributed by atoms with E-state index in [2.05, 4.69) is 4.74 Å². The molecule has 0 fully saturated rings. The van der Waals surface area contributed by atoms with Crippen molar-refractivity contribution in [1.82, 2.24) is 0 Å². The minimum absolute atomic E-state index is 0.0259. The Kier molecular flexibility index (Phi) is 2.21. The van der Waals surface area contributed by atoms with E-state index in [1.165, 1.54) is 24.3 Å². The largest absolute Gasteiger partial charge is 0.516 e. The first-order chi connectivity index (χ1) is 7.50. The number of benzene rings is 1. The summed E-state index contributed by atoms with van der Waals surface area (Å²) in [5.74, 6) is -2.51. The van der Waals surface area contributed by atoms with Gasteiger partial charge in [0.05, 0.1) is 5.56 Å². The van der Waals surface area contributed by atoms with Gasteiger partial charge in [-0.1, -0.05) is 18.2 Å². The zero-order chi connectivity index (χ0) is 11.9. The predicted octanol–water partition coefficient (Wildman–Crippen LogP) is -0.851. The standard InChI is InChI=1S/C9H7BO6/c11-7-5-3-1-2-4-6(5)9(16-7,8(12)13)10(14)15/h1-4,14-15H,(H,12,13). The number of aliphatic carboxylic acids is 1. The summed E-state index contributed by atoms with van der Waals surface area (Å²) in [5, 5.41) is 27.3. The van der Waals surface area contributed by atoms with Crippen LogP contribution in [0.5, 0.6) is 0 Å². The number of hydrogen-bond donors (Lipinski definition) is 3. The lowest BCUT2D eigenvalue weighted by Gasteiger charge is -2.22. The molecule has 1 aliphatic heterocycles. The van der Waals surface area contributed by atoms with E-state index < -0.39 is 24.6 Å². The molecular weight excluding hydrogens is 215 g/mol. The van der Waals surface area contributed by atoms with Gasteiger partial charge < -0.3 is 19.9 Å². The Morgan fingerprint density at radius 3 is 2.50 bits per heavy atom. The Balaban J connectivity index is 2.69. The fourth-order valence-corrected chi connectivity index (χ4v) is 1.70. The van der Waals surface area contributed by atoms with Crippen molar-refractivity contribution in [3.05, 3.63) is 35.4 Å². The van der Waals surface area contributed by atoms with Crippen LogP contribution in [0, 0.1) is 0 Å². The minimum atomic E-state index is -2.42. The molecule has 6 nitrogen and oxygen atoms in total. The van der Waals surface area contributed by atoms with E-state index in [0.717, 1.165) is 0 Å². The fourth-order valence-electron chi connectivity index (χ4n) is 1.70. The summed E-state index contributed by atoms with van der Waals surface area (Å²) in [6.07, 6.45) is 0. The van der Waals surface area contributed by atoms with Crippen LogP contribution in [0.25, 0.3) is 0 Å². The maximum Gasteiger partial charge on any atom is 0.516 e. The SMILES string of the molecule is O=C1OC(B(O)O)(C(=O)O)c2ccccc21. The molecule has 7 heteroatoms. The van der Waals surface area contributed by atoms with Crippen molar-refractivity contribution in [3.8, 4) is 0 Å². The first kappa shape index (κ1) is 10.7. The Morgan fingerprint density at radius 2 is 1.94 bits per heavy atom. The van der Waals surface area contributed by atoms with E-state index >= 15 is 0 Å². The number of cyclic esters (lactones) is 1. The molecule has 0 saturated heterocycles. The highest BCUT2D eigenvalue weighted by molar-refractivity contribution is 6.52. The van der Waals surface area contributed by atoms with Gasteiger partial charge in [-0.05, 0) is 6.07 Å². The summed E-state index contributed by atoms with van der Waals surface area (Å²) in [4.78, 5) is 22.5. The molecule has 1 unspecified atom stereocenters. The molecule has 0 amide bonds. The van der Waals surface area contributed by atoms with Crippen LogP contribution in [0.4, 0.5) is 0 Å². The molecule has 1 aromatic carbocycles. The molecule has 0 saturated carbocycles. The maximum absolute atomic E-state index is 11.4. The lowest BCUT2D eigenvalue weighted by molar-refractivity contribution is -0.152. The quantitative estimate of drug-likeness (QED) is 0.444. The van der Waals surface area contributed by atoms with E-state index in [1.807, 2.05) is 0 Å². The first-order valence-electron chi connectivity index (χ1n) is 4.42. The molecule has 0 bridgehead atoms. The van der Waals surface area contributed by atoms with Gasteiger partial charge in [0.1, 0.15) is 0 Å². The predicted molar refractivity (Wildman–Crippen MR) is 51.4 cm³/mol. The van der Waals surface area contributed by atoms with Crippen molar-refractivity contribution in [2.45, 2.75) is 5.50 Å². The summed E-state index contributed by atoms with van der Waals surface area (Å²) >= 11 is 0. The van der Waals surface area contributed by atoms with Crippen molar-refractivity contribution >= 4 is 19.1 Å². The molecule has 3 N–H and O–H groups in total. The van der Waals surface area contributed by atoms with Crippen LogP contribution < -0.4 is 0 Å². The molecule has 1 heterocycles. The van der Waals surface area contributed by atoms with Crippen molar-refractivity contribution in [2.75, 3.05) is 0 Å². The third-order valence-electron chi connectivity index (χ3n) is 2.48. The van der Waals surface area contributed by atoms with Gasteiger partial charge in [-0.3, -0.25) is 0 Å². The zero-order valence-corrected chi connectivity index (χ0v) is 7.95. The summed E-state index contributed by atoms with van der Waals surface area (Å²) in [5.41, 5.74) is -2.45. The number of fused-ring (bicyclic) bond motifs is 1. The van der Waals surface area contributed by atoms with Gasteiger partial charge in [-0.15, -0.1) is 0 Å². The van der Waals surface area contributed by atoms with E-state index in [9.17, 15) is 9.59 Å². The molecule has 1 atom stereocenters. The van der Waals surface area contributed by atoms with E-state index in [0.29, 0.717) is 0 Å². The van der Waals surface area contributed by atoms with Crippen LogP contribution in [0.1, 0.15) is 15.9 Å².